The highest BCUT2D eigenvalue weighted by Crippen LogP contribution is 2.32. The van der Waals surface area contributed by atoms with E-state index in [9.17, 15) is 5.26 Å². The molecule has 120 valence electrons. The molecule has 0 spiro atoms. The van der Waals surface area contributed by atoms with Gasteiger partial charge in [-0.3, -0.25) is 4.90 Å². The molecule has 24 heavy (non-hydrogen) atoms. The molecule has 2 aromatic rings. The highest BCUT2D eigenvalue weighted by atomic mass is 35.5. The lowest BCUT2D eigenvalue weighted by Gasteiger charge is -2.16. The lowest BCUT2D eigenvalue weighted by atomic mass is 10.2. The zero-order valence-electron chi connectivity index (χ0n) is 12.5. The van der Waals surface area contributed by atoms with Crippen molar-refractivity contribution in [2.24, 2.45) is 0 Å². The fourth-order valence-electron chi connectivity index (χ4n) is 2.29. The molecule has 0 unspecified atom stereocenters. The second-order valence-electron chi connectivity index (χ2n) is 4.97. The van der Waals surface area contributed by atoms with Gasteiger partial charge in [0.1, 0.15) is 6.07 Å². The summed E-state index contributed by atoms with van der Waals surface area (Å²) in [6.45, 7) is 0.240. The summed E-state index contributed by atoms with van der Waals surface area (Å²) in [5, 5.41) is 13.8. The number of anilines is 2. The number of nitrogens with zero attached hydrogens (tertiary/aromatic N) is 2. The van der Waals surface area contributed by atoms with E-state index in [1.807, 2.05) is 30.3 Å². The largest absolute Gasteiger partial charge is 0.470 e. The zero-order valence-corrected chi connectivity index (χ0v) is 14.1. The predicted octanol–water partition coefficient (Wildman–Crippen LogP) is 5.15. The van der Waals surface area contributed by atoms with Crippen molar-refractivity contribution >= 4 is 34.6 Å². The van der Waals surface area contributed by atoms with E-state index in [1.165, 1.54) is 0 Å². The van der Waals surface area contributed by atoms with Gasteiger partial charge in [0.25, 0.3) is 0 Å². The maximum absolute atomic E-state index is 9.47. The van der Waals surface area contributed by atoms with E-state index >= 15 is 0 Å². The number of ether oxygens (including phenoxy) is 1. The average Bonchev–Trinajstić information content (AvgIpc) is 2.98. The molecule has 0 bridgehead atoms. The van der Waals surface area contributed by atoms with E-state index in [1.54, 1.807) is 35.4 Å². The van der Waals surface area contributed by atoms with Crippen LogP contribution >= 0.6 is 23.2 Å². The molecule has 1 aliphatic heterocycles. The van der Waals surface area contributed by atoms with Gasteiger partial charge in [0, 0.05) is 16.9 Å². The van der Waals surface area contributed by atoms with Crippen molar-refractivity contribution in [3.63, 3.8) is 0 Å². The van der Waals surface area contributed by atoms with Gasteiger partial charge in [-0.05, 0) is 36.4 Å². The summed E-state index contributed by atoms with van der Waals surface area (Å²) >= 11 is 12.1. The number of hydrogen-bond acceptors (Lipinski definition) is 4. The summed E-state index contributed by atoms with van der Waals surface area (Å²) in [4.78, 5) is 1.74. The number of para-hydroxylation sites is 1. The maximum Gasteiger partial charge on any atom is 0.166 e. The minimum Gasteiger partial charge on any atom is -0.470 e. The van der Waals surface area contributed by atoms with Crippen molar-refractivity contribution in [1.29, 1.82) is 5.26 Å². The Morgan fingerprint density at radius 3 is 2.75 bits per heavy atom. The number of halogens is 2. The summed E-state index contributed by atoms with van der Waals surface area (Å²) in [6, 6.07) is 16.8. The molecule has 0 aliphatic carbocycles. The number of benzene rings is 2. The Balaban J connectivity index is 1.80. The Morgan fingerprint density at radius 1 is 1.17 bits per heavy atom. The minimum absolute atomic E-state index is 0.240. The van der Waals surface area contributed by atoms with Gasteiger partial charge in [-0.2, -0.15) is 5.26 Å². The highest BCUT2D eigenvalue weighted by molar-refractivity contribution is 6.33. The van der Waals surface area contributed by atoms with E-state index in [4.69, 9.17) is 27.9 Å². The third-order valence-electron chi connectivity index (χ3n) is 3.41. The molecule has 0 atom stereocenters. The molecule has 0 amide bonds. The van der Waals surface area contributed by atoms with Crippen molar-refractivity contribution in [2.75, 3.05) is 16.9 Å². The molecule has 0 aromatic heterocycles. The normalized spacial score (nSPS) is 14.0. The molecular weight excluding hydrogens is 345 g/mol. The van der Waals surface area contributed by atoms with Gasteiger partial charge in [0.15, 0.2) is 18.2 Å². The molecule has 4 nitrogen and oxygen atoms in total. The Labute approximate surface area is 150 Å². The van der Waals surface area contributed by atoms with Crippen LogP contribution in [-0.2, 0) is 4.74 Å². The van der Waals surface area contributed by atoms with Crippen LogP contribution in [0, 0.1) is 11.3 Å². The fourth-order valence-corrected chi connectivity index (χ4v) is 2.72. The molecule has 0 saturated heterocycles. The molecule has 0 fully saturated rings. The Kier molecular flexibility index (Phi) is 4.95. The molecular formula is C18H13Cl2N3O. The van der Waals surface area contributed by atoms with Gasteiger partial charge < -0.3 is 10.1 Å². The first kappa shape index (κ1) is 16.3. The van der Waals surface area contributed by atoms with E-state index in [0.29, 0.717) is 21.5 Å². The smallest absolute Gasteiger partial charge is 0.166 e. The maximum atomic E-state index is 9.47. The van der Waals surface area contributed by atoms with Crippen LogP contribution in [-0.4, -0.2) is 6.73 Å². The number of allylic oxidation sites excluding steroid dienone is 2. The highest BCUT2D eigenvalue weighted by Gasteiger charge is 2.25. The Morgan fingerprint density at radius 2 is 2.00 bits per heavy atom. The van der Waals surface area contributed by atoms with Gasteiger partial charge in [-0.25, -0.2) is 0 Å². The van der Waals surface area contributed by atoms with Crippen molar-refractivity contribution < 1.29 is 4.74 Å². The molecule has 3 rings (SSSR count). The van der Waals surface area contributed by atoms with Crippen LogP contribution in [0.25, 0.3) is 0 Å². The summed E-state index contributed by atoms with van der Waals surface area (Å²) in [7, 11) is 0. The SMILES string of the molecule is N#CC1=C(/C=C/Nc2cccc(Cl)c2)OCN1c1ccccc1Cl. The third kappa shape index (κ3) is 3.48. The number of rotatable bonds is 4. The molecule has 2 aromatic carbocycles. The zero-order chi connectivity index (χ0) is 16.9. The van der Waals surface area contributed by atoms with Crippen molar-refractivity contribution in [3.05, 3.63) is 82.3 Å². The third-order valence-corrected chi connectivity index (χ3v) is 3.97. The first-order valence-electron chi connectivity index (χ1n) is 7.17. The van der Waals surface area contributed by atoms with Gasteiger partial charge in [-0.1, -0.05) is 41.4 Å². The van der Waals surface area contributed by atoms with Crippen LogP contribution in [0.3, 0.4) is 0 Å². The van der Waals surface area contributed by atoms with Gasteiger partial charge in [-0.15, -0.1) is 0 Å². The van der Waals surface area contributed by atoms with E-state index < -0.39 is 0 Å². The van der Waals surface area contributed by atoms with E-state index in [2.05, 4.69) is 11.4 Å². The molecule has 1 aliphatic rings. The van der Waals surface area contributed by atoms with Crippen LogP contribution in [0.5, 0.6) is 0 Å². The van der Waals surface area contributed by atoms with Crippen LogP contribution in [0.4, 0.5) is 11.4 Å². The molecule has 0 saturated carbocycles. The number of hydrogen-bond donors (Lipinski definition) is 1. The van der Waals surface area contributed by atoms with Crippen molar-refractivity contribution in [2.45, 2.75) is 0 Å². The van der Waals surface area contributed by atoms with E-state index in [-0.39, 0.29) is 6.73 Å². The fraction of sp³-hybridized carbons (Fsp3) is 0.0556. The molecule has 1 heterocycles. The lowest BCUT2D eigenvalue weighted by molar-refractivity contribution is 0.257. The number of nitrogens with one attached hydrogen (secondary N) is 1. The first-order valence-corrected chi connectivity index (χ1v) is 7.92. The van der Waals surface area contributed by atoms with Crippen LogP contribution in [0.15, 0.2) is 72.3 Å². The van der Waals surface area contributed by atoms with Crippen LogP contribution in [0.1, 0.15) is 0 Å². The predicted molar refractivity (Wildman–Crippen MR) is 96.7 cm³/mol. The van der Waals surface area contributed by atoms with Gasteiger partial charge in [0.05, 0.1) is 10.7 Å². The summed E-state index contributed by atoms with van der Waals surface area (Å²) in [6.07, 6.45) is 3.41. The van der Waals surface area contributed by atoms with Gasteiger partial charge in [0.2, 0.25) is 0 Å². The minimum atomic E-state index is 0.240. The monoisotopic (exact) mass is 357 g/mol. The Hall–Kier alpha value is -2.61. The summed E-state index contributed by atoms with van der Waals surface area (Å²) in [5.74, 6) is 0.479. The summed E-state index contributed by atoms with van der Waals surface area (Å²) < 4.78 is 5.61. The standard InChI is InChI=1S/C18H13Cl2N3O/c19-13-4-3-5-14(10-13)22-9-8-18-17(11-21)23(12-24-18)16-7-2-1-6-15(16)20/h1-10,22H,12H2/b9-8+. The van der Waals surface area contributed by atoms with Gasteiger partial charge >= 0.3 is 0 Å². The van der Waals surface area contributed by atoms with Crippen LogP contribution in [0.2, 0.25) is 10.0 Å². The molecule has 0 radical (unpaired) electrons. The number of nitriles is 1. The Bertz CT molecular complexity index is 855. The van der Waals surface area contributed by atoms with Crippen molar-refractivity contribution in [1.82, 2.24) is 0 Å². The topological polar surface area (TPSA) is 48.3 Å². The second kappa shape index (κ2) is 7.31. The average molecular weight is 358 g/mol. The molecule has 6 heteroatoms. The second-order valence-corrected chi connectivity index (χ2v) is 5.81. The summed E-state index contributed by atoms with van der Waals surface area (Å²) in [5.41, 5.74) is 1.99. The molecule has 1 N–H and O–H groups in total. The van der Waals surface area contributed by atoms with Crippen LogP contribution < -0.4 is 10.2 Å². The quantitative estimate of drug-likeness (QED) is 0.821. The first-order chi connectivity index (χ1) is 11.7. The van der Waals surface area contributed by atoms with E-state index in [0.717, 1.165) is 11.4 Å². The lowest BCUT2D eigenvalue weighted by Crippen LogP contribution is -2.18. The van der Waals surface area contributed by atoms with Crippen molar-refractivity contribution in [3.8, 4) is 6.07 Å².